The van der Waals surface area contributed by atoms with Crippen molar-refractivity contribution >= 4 is 17.2 Å². The lowest BCUT2D eigenvalue weighted by Crippen LogP contribution is -2.27. The minimum absolute atomic E-state index is 0.227. The van der Waals surface area contributed by atoms with Gasteiger partial charge in [0, 0.05) is 30.8 Å². The van der Waals surface area contributed by atoms with E-state index in [0.29, 0.717) is 35.9 Å². The van der Waals surface area contributed by atoms with E-state index in [9.17, 15) is 4.39 Å². The van der Waals surface area contributed by atoms with Gasteiger partial charge in [-0.15, -0.1) is 0 Å². The third-order valence-corrected chi connectivity index (χ3v) is 3.16. The molecule has 106 valence electrons. The Morgan fingerprint density at radius 3 is 2.74 bits per heavy atom. The highest BCUT2D eigenvalue weighted by Gasteiger charge is 2.09. The second-order valence-corrected chi connectivity index (χ2v) is 4.68. The van der Waals surface area contributed by atoms with E-state index in [1.807, 2.05) is 13.8 Å². The van der Waals surface area contributed by atoms with Gasteiger partial charge in [0.05, 0.1) is 6.61 Å². The number of thiocarbonyl (C=S) groups is 1. The monoisotopic (exact) mass is 284 g/mol. The molecule has 0 aromatic heterocycles. The van der Waals surface area contributed by atoms with E-state index in [1.165, 1.54) is 6.07 Å². The summed E-state index contributed by atoms with van der Waals surface area (Å²) in [5, 5.41) is 0. The predicted molar refractivity (Wildman–Crippen MR) is 79.7 cm³/mol. The van der Waals surface area contributed by atoms with Gasteiger partial charge in [0.1, 0.15) is 10.8 Å². The number of likely N-dealkylation sites (N-methyl/N-ethyl adjacent to an activating group) is 1. The fourth-order valence-electron chi connectivity index (χ4n) is 1.78. The molecule has 0 fully saturated rings. The van der Waals surface area contributed by atoms with Crippen LogP contribution in [0.15, 0.2) is 18.2 Å². The van der Waals surface area contributed by atoms with Crippen LogP contribution < -0.4 is 5.73 Å². The number of benzene rings is 1. The summed E-state index contributed by atoms with van der Waals surface area (Å²) >= 11 is 4.91. The second kappa shape index (κ2) is 8.19. The second-order valence-electron chi connectivity index (χ2n) is 4.24. The zero-order chi connectivity index (χ0) is 14.3. The molecule has 0 radical (unpaired) electrons. The number of halogens is 1. The van der Waals surface area contributed by atoms with E-state index in [0.717, 1.165) is 13.1 Å². The van der Waals surface area contributed by atoms with Gasteiger partial charge in [-0.1, -0.05) is 19.1 Å². The summed E-state index contributed by atoms with van der Waals surface area (Å²) in [6, 6.07) is 4.75. The van der Waals surface area contributed by atoms with Crippen LogP contribution in [-0.4, -0.2) is 36.2 Å². The van der Waals surface area contributed by atoms with Crippen molar-refractivity contribution in [1.82, 2.24) is 4.90 Å². The molecule has 1 aromatic rings. The van der Waals surface area contributed by atoms with Gasteiger partial charge in [-0.05, 0) is 31.7 Å². The number of ether oxygens (including phenoxy) is 1. The van der Waals surface area contributed by atoms with Gasteiger partial charge in [0.25, 0.3) is 0 Å². The largest absolute Gasteiger partial charge is 0.389 e. The highest BCUT2D eigenvalue weighted by Crippen LogP contribution is 2.13. The summed E-state index contributed by atoms with van der Waals surface area (Å²) in [6.45, 7) is 7.50. The van der Waals surface area contributed by atoms with Crippen molar-refractivity contribution in [3.05, 3.63) is 35.1 Å². The Labute approximate surface area is 119 Å². The molecule has 0 spiro atoms. The molecule has 5 heteroatoms. The zero-order valence-electron chi connectivity index (χ0n) is 11.5. The molecule has 0 aliphatic rings. The van der Waals surface area contributed by atoms with Crippen LogP contribution in [0.3, 0.4) is 0 Å². The van der Waals surface area contributed by atoms with Crippen LogP contribution in [0.1, 0.15) is 25.0 Å². The van der Waals surface area contributed by atoms with E-state index in [2.05, 4.69) is 4.90 Å². The van der Waals surface area contributed by atoms with Crippen molar-refractivity contribution in [3.8, 4) is 0 Å². The Balaban J connectivity index is 2.72. The van der Waals surface area contributed by atoms with Crippen molar-refractivity contribution < 1.29 is 9.13 Å². The molecule has 0 heterocycles. The van der Waals surface area contributed by atoms with Crippen molar-refractivity contribution in [3.63, 3.8) is 0 Å². The van der Waals surface area contributed by atoms with E-state index < -0.39 is 0 Å². The highest BCUT2D eigenvalue weighted by molar-refractivity contribution is 7.80. The first-order chi connectivity index (χ1) is 9.08. The summed E-state index contributed by atoms with van der Waals surface area (Å²) < 4.78 is 19.1. The standard InChI is InChI=1S/C14H21FN2OS/c1-3-17(7-8-18-4-2)10-12-9-11(14(16)19)5-6-13(12)15/h5-6,9H,3-4,7-8,10H2,1-2H3,(H2,16,19). The van der Waals surface area contributed by atoms with Gasteiger partial charge in [-0.25, -0.2) is 4.39 Å². The molecule has 0 saturated heterocycles. The summed E-state index contributed by atoms with van der Waals surface area (Å²) in [7, 11) is 0. The van der Waals surface area contributed by atoms with E-state index in [4.69, 9.17) is 22.7 Å². The molecule has 0 atom stereocenters. The first-order valence-corrected chi connectivity index (χ1v) is 6.87. The molecule has 0 saturated carbocycles. The van der Waals surface area contributed by atoms with Crippen LogP contribution in [0.4, 0.5) is 4.39 Å². The minimum Gasteiger partial charge on any atom is -0.389 e. The minimum atomic E-state index is -0.227. The molecule has 0 aliphatic carbocycles. The maximum absolute atomic E-state index is 13.8. The molecule has 0 bridgehead atoms. The first kappa shape index (κ1) is 16.0. The summed E-state index contributed by atoms with van der Waals surface area (Å²) in [5.41, 5.74) is 6.89. The smallest absolute Gasteiger partial charge is 0.127 e. The number of nitrogens with two attached hydrogens (primary N) is 1. The molecule has 19 heavy (non-hydrogen) atoms. The molecular weight excluding hydrogens is 263 g/mol. The van der Waals surface area contributed by atoms with Crippen molar-refractivity contribution in [2.45, 2.75) is 20.4 Å². The SMILES string of the molecule is CCOCCN(CC)Cc1cc(C(N)=S)ccc1F. The lowest BCUT2D eigenvalue weighted by atomic mass is 10.1. The van der Waals surface area contributed by atoms with E-state index in [1.54, 1.807) is 12.1 Å². The molecule has 1 aromatic carbocycles. The predicted octanol–water partition coefficient (Wildman–Crippen LogP) is 2.32. The Bertz CT molecular complexity index is 426. The van der Waals surface area contributed by atoms with Gasteiger partial charge in [-0.3, -0.25) is 4.90 Å². The summed E-state index contributed by atoms with van der Waals surface area (Å²) in [4.78, 5) is 2.41. The van der Waals surface area contributed by atoms with E-state index in [-0.39, 0.29) is 5.82 Å². The average molecular weight is 284 g/mol. The van der Waals surface area contributed by atoms with Gasteiger partial charge >= 0.3 is 0 Å². The fourth-order valence-corrected chi connectivity index (χ4v) is 1.90. The molecule has 2 N–H and O–H groups in total. The van der Waals surface area contributed by atoms with Gasteiger partial charge in [0.15, 0.2) is 0 Å². The Morgan fingerprint density at radius 1 is 1.42 bits per heavy atom. The number of nitrogens with zero attached hydrogens (tertiary/aromatic N) is 1. The maximum Gasteiger partial charge on any atom is 0.127 e. The quantitative estimate of drug-likeness (QED) is 0.587. The highest BCUT2D eigenvalue weighted by atomic mass is 32.1. The Morgan fingerprint density at radius 2 is 2.16 bits per heavy atom. The summed E-state index contributed by atoms with van der Waals surface area (Å²) in [5.74, 6) is -0.227. The maximum atomic E-state index is 13.8. The lowest BCUT2D eigenvalue weighted by Gasteiger charge is -2.20. The third kappa shape index (κ3) is 5.22. The van der Waals surface area contributed by atoms with E-state index >= 15 is 0 Å². The fraction of sp³-hybridized carbons (Fsp3) is 0.500. The van der Waals surface area contributed by atoms with Gasteiger partial charge < -0.3 is 10.5 Å². The number of hydrogen-bond donors (Lipinski definition) is 1. The van der Waals surface area contributed by atoms with Crippen LogP contribution in [-0.2, 0) is 11.3 Å². The van der Waals surface area contributed by atoms with Crippen LogP contribution in [0.5, 0.6) is 0 Å². The third-order valence-electron chi connectivity index (χ3n) is 2.93. The number of rotatable bonds is 8. The van der Waals surface area contributed by atoms with Crippen LogP contribution in [0, 0.1) is 5.82 Å². The average Bonchev–Trinajstić information content (AvgIpc) is 2.39. The van der Waals surface area contributed by atoms with Crippen molar-refractivity contribution in [1.29, 1.82) is 0 Å². The topological polar surface area (TPSA) is 38.5 Å². The van der Waals surface area contributed by atoms with Crippen LogP contribution in [0.25, 0.3) is 0 Å². The first-order valence-electron chi connectivity index (χ1n) is 6.46. The van der Waals surface area contributed by atoms with Gasteiger partial charge in [-0.2, -0.15) is 0 Å². The lowest BCUT2D eigenvalue weighted by molar-refractivity contribution is 0.112. The molecule has 0 aliphatic heterocycles. The van der Waals surface area contributed by atoms with Crippen LogP contribution in [0.2, 0.25) is 0 Å². The van der Waals surface area contributed by atoms with Crippen molar-refractivity contribution in [2.75, 3.05) is 26.3 Å². The summed E-state index contributed by atoms with van der Waals surface area (Å²) in [6.07, 6.45) is 0. The normalized spacial score (nSPS) is 10.9. The molecular formula is C14H21FN2OS. The van der Waals surface area contributed by atoms with Crippen LogP contribution >= 0.6 is 12.2 Å². The Hall–Kier alpha value is -1.04. The molecule has 3 nitrogen and oxygen atoms in total. The number of hydrogen-bond acceptors (Lipinski definition) is 3. The molecule has 0 unspecified atom stereocenters. The molecule has 1 rings (SSSR count). The Kier molecular flexibility index (Phi) is 6.91. The van der Waals surface area contributed by atoms with Crippen molar-refractivity contribution in [2.24, 2.45) is 5.73 Å². The zero-order valence-corrected chi connectivity index (χ0v) is 12.3. The molecule has 0 amide bonds. The van der Waals surface area contributed by atoms with Gasteiger partial charge in [0.2, 0.25) is 0 Å².